The van der Waals surface area contributed by atoms with E-state index in [9.17, 15) is 19.2 Å². The summed E-state index contributed by atoms with van der Waals surface area (Å²) in [4.78, 5) is 53.1. The largest absolute Gasteiger partial charge is 0.472 e. The molecule has 1 aromatic heterocycles. The van der Waals surface area contributed by atoms with Gasteiger partial charge in [0.05, 0.1) is 44.0 Å². The van der Waals surface area contributed by atoms with E-state index in [0.717, 1.165) is 16.7 Å². The molecule has 1 aliphatic heterocycles. The molecule has 11 atom stereocenters. The van der Waals surface area contributed by atoms with Crippen LogP contribution in [0.5, 0.6) is 0 Å². The van der Waals surface area contributed by atoms with Crippen LogP contribution in [0, 0.1) is 28.1 Å². The van der Waals surface area contributed by atoms with Crippen LogP contribution in [-0.2, 0) is 42.8 Å². The summed E-state index contributed by atoms with van der Waals surface area (Å²) in [7, 11) is 3.00. The zero-order valence-electron chi connectivity index (χ0n) is 30.1. The van der Waals surface area contributed by atoms with Gasteiger partial charge in [0, 0.05) is 61.9 Å². The number of allylic oxidation sites excluding steroid dienone is 1. The molecule has 3 fully saturated rings. The summed E-state index contributed by atoms with van der Waals surface area (Å²) in [5.41, 5.74) is 0.391. The highest BCUT2D eigenvalue weighted by molar-refractivity contribution is 5.89. The Balaban J connectivity index is 1.63. The second-order valence-corrected chi connectivity index (χ2v) is 15.0. The molecule has 0 radical (unpaired) electrons. The summed E-state index contributed by atoms with van der Waals surface area (Å²) in [6.45, 7) is 11.0. The van der Waals surface area contributed by atoms with E-state index in [1.54, 1.807) is 43.9 Å². The summed E-state index contributed by atoms with van der Waals surface area (Å²) in [6, 6.07) is 10.7. The Morgan fingerprint density at radius 1 is 0.900 bits per heavy atom. The third-order valence-corrected chi connectivity index (χ3v) is 12.5. The number of benzene rings is 1. The van der Waals surface area contributed by atoms with Gasteiger partial charge < -0.3 is 32.8 Å². The Hall–Kier alpha value is -3.96. The quantitative estimate of drug-likeness (QED) is 0.179. The van der Waals surface area contributed by atoms with Gasteiger partial charge in [0.2, 0.25) is 0 Å². The fourth-order valence-electron chi connectivity index (χ4n) is 10.5. The first kappa shape index (κ1) is 35.9. The maximum Gasteiger partial charge on any atom is 0.338 e. The highest BCUT2D eigenvalue weighted by atomic mass is 16.6. The van der Waals surface area contributed by atoms with Gasteiger partial charge in [-0.3, -0.25) is 14.4 Å². The van der Waals surface area contributed by atoms with Crippen molar-refractivity contribution < 1.29 is 52.0 Å². The van der Waals surface area contributed by atoms with Crippen molar-refractivity contribution in [2.45, 2.75) is 97.2 Å². The molecule has 1 saturated heterocycles. The van der Waals surface area contributed by atoms with Gasteiger partial charge in [-0.25, -0.2) is 4.79 Å². The molecule has 3 aliphatic carbocycles. The molecule has 2 heterocycles. The Morgan fingerprint density at radius 2 is 1.58 bits per heavy atom. The maximum atomic E-state index is 14.1. The Morgan fingerprint density at radius 3 is 2.18 bits per heavy atom. The van der Waals surface area contributed by atoms with Gasteiger partial charge in [-0.1, -0.05) is 44.5 Å². The number of carbonyl (C=O) groups excluding carboxylic acids is 4. The monoisotopic (exact) mass is 692 g/mol. The van der Waals surface area contributed by atoms with Gasteiger partial charge in [0.15, 0.2) is 0 Å². The van der Waals surface area contributed by atoms with E-state index in [2.05, 4.69) is 6.92 Å². The van der Waals surface area contributed by atoms with Crippen molar-refractivity contribution in [1.29, 1.82) is 0 Å². The summed E-state index contributed by atoms with van der Waals surface area (Å²) in [6.07, 6.45) is 0.513. The fraction of sp³-hybridized carbons (Fsp3) is 0.590. The first-order valence-corrected chi connectivity index (χ1v) is 17.3. The first-order chi connectivity index (χ1) is 23.7. The maximum absolute atomic E-state index is 14.1. The van der Waals surface area contributed by atoms with Crippen LogP contribution in [0.15, 0.2) is 64.5 Å². The molecule has 0 unspecified atom stereocenters. The molecular formula is C39H48O11. The van der Waals surface area contributed by atoms with Crippen LogP contribution in [0.2, 0.25) is 0 Å². The van der Waals surface area contributed by atoms with Crippen molar-refractivity contribution in [2.75, 3.05) is 20.8 Å². The van der Waals surface area contributed by atoms with Crippen molar-refractivity contribution in [3.05, 3.63) is 71.2 Å². The van der Waals surface area contributed by atoms with Crippen LogP contribution >= 0.6 is 0 Å². The summed E-state index contributed by atoms with van der Waals surface area (Å²) in [5, 5.41) is 0. The SMILES string of the molecule is COC(=O)C[C@H]1[C@](C)(C2=C(C)[C@H](c3ccoc3)C[C@H]2OC)[C@H](OC(=O)c2ccccc2)[C@@H]2OC[C@]3(C)[C@H](OC(C)=O)C[C@H](OC(C)=O)[C@@]1(C)[C@@H]23. The lowest BCUT2D eigenvalue weighted by Crippen LogP contribution is -2.72. The van der Waals surface area contributed by atoms with E-state index >= 15 is 0 Å². The first-order valence-electron chi connectivity index (χ1n) is 17.3. The molecule has 0 amide bonds. The standard InChI is InChI=1S/C39H48O11/c1-21-26(25-14-15-46-19-25)16-27(44-7)32(21)39(6)28(17-31(42)45-8)38(5)30(49-23(3)41)18-29(48-22(2)40)37(4)20-47-33(34(37)38)35(39)50-36(43)24-12-10-9-11-13-24/h9-15,19,26-30,33-35H,16-18,20H2,1-8H3/t26-,27-,28-,29-,30+,33-,34+,35-,37-,38+,39-/m1/s1. The molecule has 2 aromatic rings. The van der Waals surface area contributed by atoms with Gasteiger partial charge >= 0.3 is 23.9 Å². The van der Waals surface area contributed by atoms with E-state index in [0.29, 0.717) is 12.0 Å². The van der Waals surface area contributed by atoms with E-state index in [4.69, 9.17) is 32.8 Å². The van der Waals surface area contributed by atoms with Crippen molar-refractivity contribution in [2.24, 2.45) is 28.1 Å². The number of hydrogen-bond acceptors (Lipinski definition) is 11. The topological polar surface area (TPSA) is 137 Å². The number of hydrogen-bond donors (Lipinski definition) is 0. The predicted octanol–water partition coefficient (Wildman–Crippen LogP) is 5.82. The minimum absolute atomic E-state index is 0.0703. The molecule has 270 valence electrons. The third-order valence-electron chi connectivity index (χ3n) is 12.5. The molecule has 0 bridgehead atoms. The Labute approximate surface area is 292 Å². The van der Waals surface area contributed by atoms with Crippen molar-refractivity contribution in [3.63, 3.8) is 0 Å². The molecule has 6 rings (SSSR count). The van der Waals surface area contributed by atoms with E-state index in [1.807, 2.05) is 32.9 Å². The zero-order chi connectivity index (χ0) is 36.2. The van der Waals surface area contributed by atoms with E-state index in [1.165, 1.54) is 21.0 Å². The predicted molar refractivity (Wildman–Crippen MR) is 179 cm³/mol. The third kappa shape index (κ3) is 5.57. The number of esters is 4. The molecule has 2 saturated carbocycles. The Kier molecular flexibility index (Phi) is 9.54. The van der Waals surface area contributed by atoms with Gasteiger partial charge in [-0.15, -0.1) is 0 Å². The van der Waals surface area contributed by atoms with Crippen LogP contribution in [0.4, 0.5) is 0 Å². The average molecular weight is 693 g/mol. The summed E-state index contributed by atoms with van der Waals surface area (Å²) in [5.74, 6) is -3.16. The molecule has 0 N–H and O–H groups in total. The van der Waals surface area contributed by atoms with Gasteiger partial charge in [-0.2, -0.15) is 0 Å². The minimum atomic E-state index is -1.12. The lowest BCUT2D eigenvalue weighted by molar-refractivity contribution is -0.256. The normalized spacial score (nSPS) is 37.5. The van der Waals surface area contributed by atoms with Crippen LogP contribution in [0.3, 0.4) is 0 Å². The minimum Gasteiger partial charge on any atom is -0.472 e. The van der Waals surface area contributed by atoms with Crippen LogP contribution in [0.1, 0.15) is 82.6 Å². The highest BCUT2D eigenvalue weighted by Crippen LogP contribution is 2.72. The van der Waals surface area contributed by atoms with Crippen molar-refractivity contribution in [1.82, 2.24) is 0 Å². The molecule has 11 nitrogen and oxygen atoms in total. The van der Waals surface area contributed by atoms with Crippen LogP contribution < -0.4 is 0 Å². The van der Waals surface area contributed by atoms with Crippen LogP contribution in [0.25, 0.3) is 0 Å². The summed E-state index contributed by atoms with van der Waals surface area (Å²) < 4.78 is 42.7. The van der Waals surface area contributed by atoms with E-state index in [-0.39, 0.29) is 25.4 Å². The average Bonchev–Trinajstić information content (AvgIpc) is 3.82. The molecule has 4 aliphatic rings. The Bertz CT molecular complexity index is 1650. The number of methoxy groups -OCH3 is 2. The molecular weight excluding hydrogens is 644 g/mol. The van der Waals surface area contributed by atoms with Gasteiger partial charge in [0.25, 0.3) is 0 Å². The molecule has 50 heavy (non-hydrogen) atoms. The van der Waals surface area contributed by atoms with Crippen molar-refractivity contribution >= 4 is 23.9 Å². The number of furan rings is 1. The van der Waals surface area contributed by atoms with Gasteiger partial charge in [-0.05, 0) is 48.6 Å². The highest BCUT2D eigenvalue weighted by Gasteiger charge is 2.77. The van der Waals surface area contributed by atoms with E-state index < -0.39 is 82.5 Å². The second-order valence-electron chi connectivity index (χ2n) is 15.0. The summed E-state index contributed by atoms with van der Waals surface area (Å²) >= 11 is 0. The number of carbonyl (C=O) groups is 4. The number of rotatable bonds is 9. The smallest absolute Gasteiger partial charge is 0.338 e. The molecule has 1 aromatic carbocycles. The molecule has 11 heteroatoms. The molecule has 0 spiro atoms. The van der Waals surface area contributed by atoms with Crippen molar-refractivity contribution in [3.8, 4) is 0 Å². The second kappa shape index (κ2) is 13.3. The lowest BCUT2D eigenvalue weighted by Gasteiger charge is -2.66. The zero-order valence-corrected chi connectivity index (χ0v) is 30.1. The van der Waals surface area contributed by atoms with Crippen LogP contribution in [-0.4, -0.2) is 75.2 Å². The fourth-order valence-corrected chi connectivity index (χ4v) is 10.5. The lowest BCUT2D eigenvalue weighted by atomic mass is 9.39. The van der Waals surface area contributed by atoms with Gasteiger partial charge in [0.1, 0.15) is 18.3 Å². The number of ether oxygens (including phenoxy) is 6.